The van der Waals surface area contributed by atoms with Gasteiger partial charge < -0.3 is 14.4 Å². The van der Waals surface area contributed by atoms with Crippen LogP contribution in [0, 0.1) is 5.82 Å². The van der Waals surface area contributed by atoms with E-state index in [0.717, 1.165) is 18.3 Å². The number of hydrogen-bond donors (Lipinski definition) is 1. The number of aromatic nitrogens is 1. The minimum absolute atomic E-state index is 0.0677. The molecule has 0 unspecified atom stereocenters. The zero-order valence-corrected chi connectivity index (χ0v) is 11.0. The number of halogens is 2. The lowest BCUT2D eigenvalue weighted by molar-refractivity contribution is 0.0694. The Balaban J connectivity index is 2.45. The Labute approximate surface area is 117 Å². The lowest BCUT2D eigenvalue weighted by atomic mass is 10.1. The molecule has 2 atom stereocenters. The molecule has 1 aliphatic rings. The van der Waals surface area contributed by atoms with E-state index in [1.165, 1.54) is 11.7 Å². The summed E-state index contributed by atoms with van der Waals surface area (Å²) in [7, 11) is 1.30. The van der Waals surface area contributed by atoms with Crippen molar-refractivity contribution in [2.75, 3.05) is 7.11 Å². The number of nitrogens with zero attached hydrogens (tertiary/aromatic N) is 1. The third kappa shape index (κ3) is 2.05. The van der Waals surface area contributed by atoms with Crippen molar-refractivity contribution in [3.63, 3.8) is 0 Å². The molecule has 0 amide bonds. The normalized spacial score (nSPS) is 20.5. The standard InChI is InChI=1S/C14H11F2NO4/c1-21-11-3-6(15)2-7-12(11)17(10-4-9(10)16)5-8(13(7)18)14(19)20/h2-3,5,9-10H,4H2,1H3,(H,19,20)/t9-,10-/m0/s1. The Morgan fingerprint density at radius 2 is 2.14 bits per heavy atom. The molecule has 5 nitrogen and oxygen atoms in total. The average Bonchev–Trinajstić information content (AvgIpc) is 3.15. The van der Waals surface area contributed by atoms with E-state index < -0.39 is 35.0 Å². The summed E-state index contributed by atoms with van der Waals surface area (Å²) in [5.74, 6) is -2.09. The van der Waals surface area contributed by atoms with Crippen LogP contribution in [0.15, 0.2) is 23.1 Å². The van der Waals surface area contributed by atoms with E-state index in [0.29, 0.717) is 0 Å². The third-order valence-corrected chi connectivity index (χ3v) is 3.54. The smallest absolute Gasteiger partial charge is 0.341 e. The number of alkyl halides is 1. The summed E-state index contributed by atoms with van der Waals surface area (Å²) in [6, 6.07) is 1.46. The third-order valence-electron chi connectivity index (χ3n) is 3.54. The highest BCUT2D eigenvalue weighted by molar-refractivity contribution is 5.94. The van der Waals surface area contributed by atoms with Gasteiger partial charge in [-0.3, -0.25) is 4.79 Å². The maximum Gasteiger partial charge on any atom is 0.341 e. The van der Waals surface area contributed by atoms with Crippen LogP contribution in [-0.2, 0) is 0 Å². The van der Waals surface area contributed by atoms with Gasteiger partial charge in [-0.05, 0) is 6.07 Å². The van der Waals surface area contributed by atoms with Crippen LogP contribution < -0.4 is 10.2 Å². The van der Waals surface area contributed by atoms with Crippen molar-refractivity contribution in [2.24, 2.45) is 0 Å². The van der Waals surface area contributed by atoms with E-state index in [-0.39, 0.29) is 23.1 Å². The summed E-state index contributed by atoms with van der Waals surface area (Å²) in [6.07, 6.45) is 0.196. The van der Waals surface area contributed by atoms with E-state index in [1.807, 2.05) is 0 Å². The minimum atomic E-state index is -1.44. The van der Waals surface area contributed by atoms with E-state index in [9.17, 15) is 18.4 Å². The fourth-order valence-electron chi connectivity index (χ4n) is 2.43. The van der Waals surface area contributed by atoms with E-state index >= 15 is 0 Å². The van der Waals surface area contributed by atoms with Gasteiger partial charge in [0.2, 0.25) is 5.43 Å². The first-order valence-electron chi connectivity index (χ1n) is 6.23. The van der Waals surface area contributed by atoms with Gasteiger partial charge in [-0.1, -0.05) is 0 Å². The van der Waals surface area contributed by atoms with E-state index in [4.69, 9.17) is 9.84 Å². The Morgan fingerprint density at radius 1 is 1.48 bits per heavy atom. The second kappa shape index (κ2) is 4.54. The van der Waals surface area contributed by atoms with Crippen LogP contribution in [-0.4, -0.2) is 28.9 Å². The van der Waals surface area contributed by atoms with Crippen molar-refractivity contribution in [2.45, 2.75) is 18.6 Å². The number of carbonyl (C=O) groups is 1. The molecular formula is C14H11F2NO4. The Morgan fingerprint density at radius 3 is 2.67 bits per heavy atom. The van der Waals surface area contributed by atoms with Crippen molar-refractivity contribution in [1.82, 2.24) is 4.57 Å². The van der Waals surface area contributed by atoms with Crippen LogP contribution in [0.2, 0.25) is 0 Å². The first kappa shape index (κ1) is 13.5. The summed E-state index contributed by atoms with van der Waals surface area (Å²) in [5, 5.41) is 8.95. The first-order chi connectivity index (χ1) is 9.93. The number of pyridine rings is 1. The second-order valence-corrected chi connectivity index (χ2v) is 4.91. The number of rotatable bonds is 3. The van der Waals surface area contributed by atoms with Gasteiger partial charge in [0.25, 0.3) is 0 Å². The Kier molecular flexibility index (Phi) is 2.93. The summed E-state index contributed by atoms with van der Waals surface area (Å²) in [5.41, 5.74) is -1.13. The van der Waals surface area contributed by atoms with Gasteiger partial charge >= 0.3 is 5.97 Å². The van der Waals surface area contributed by atoms with Gasteiger partial charge in [-0.2, -0.15) is 0 Å². The minimum Gasteiger partial charge on any atom is -0.494 e. The molecule has 3 rings (SSSR count). The molecule has 0 bridgehead atoms. The molecule has 7 heteroatoms. The van der Waals surface area contributed by atoms with Crippen molar-refractivity contribution in [3.05, 3.63) is 39.9 Å². The lowest BCUT2D eigenvalue weighted by Gasteiger charge is -2.14. The number of methoxy groups -OCH3 is 1. The molecule has 110 valence electrons. The fraction of sp³-hybridized carbons (Fsp3) is 0.286. The quantitative estimate of drug-likeness (QED) is 0.942. The zero-order valence-electron chi connectivity index (χ0n) is 11.0. The number of fused-ring (bicyclic) bond motifs is 1. The van der Waals surface area contributed by atoms with Crippen molar-refractivity contribution in [1.29, 1.82) is 0 Å². The first-order valence-corrected chi connectivity index (χ1v) is 6.23. The van der Waals surface area contributed by atoms with Crippen molar-refractivity contribution < 1.29 is 23.4 Å². The average molecular weight is 295 g/mol. The van der Waals surface area contributed by atoms with Gasteiger partial charge in [0, 0.05) is 18.7 Å². The number of hydrogen-bond acceptors (Lipinski definition) is 3. The lowest BCUT2D eigenvalue weighted by Crippen LogP contribution is -2.19. The van der Waals surface area contributed by atoms with Gasteiger partial charge in [-0.25, -0.2) is 13.6 Å². The molecule has 21 heavy (non-hydrogen) atoms. The monoisotopic (exact) mass is 295 g/mol. The molecule has 1 aliphatic carbocycles. The number of carboxylic acid groups (broad SMARTS) is 1. The molecule has 1 N–H and O–H groups in total. The SMILES string of the molecule is COc1cc(F)cc2c(=O)c(C(=O)O)cn([C@H]3C[C@@H]3F)c12. The fourth-order valence-corrected chi connectivity index (χ4v) is 2.43. The number of carboxylic acids is 1. The summed E-state index contributed by atoms with van der Waals surface area (Å²) < 4.78 is 33.3. The summed E-state index contributed by atoms with van der Waals surface area (Å²) in [6.45, 7) is 0. The Hall–Kier alpha value is -2.44. The van der Waals surface area contributed by atoms with Gasteiger partial charge in [0.15, 0.2) is 0 Å². The predicted octanol–water partition coefficient (Wildman–Crippen LogP) is 2.13. The number of aromatic carboxylic acids is 1. The second-order valence-electron chi connectivity index (χ2n) is 4.91. The molecular weight excluding hydrogens is 284 g/mol. The van der Waals surface area contributed by atoms with Gasteiger partial charge in [0.05, 0.1) is 24.1 Å². The molecule has 1 aromatic carbocycles. The molecule has 0 spiro atoms. The molecule has 1 fully saturated rings. The molecule has 0 radical (unpaired) electrons. The van der Waals surface area contributed by atoms with Crippen LogP contribution in [0.3, 0.4) is 0 Å². The van der Waals surface area contributed by atoms with Crippen LogP contribution in [0.1, 0.15) is 22.8 Å². The topological polar surface area (TPSA) is 68.5 Å². The molecule has 1 heterocycles. The summed E-state index contributed by atoms with van der Waals surface area (Å²) in [4.78, 5) is 23.3. The van der Waals surface area contributed by atoms with Crippen LogP contribution in [0.25, 0.3) is 10.9 Å². The van der Waals surface area contributed by atoms with Crippen LogP contribution >= 0.6 is 0 Å². The van der Waals surface area contributed by atoms with Gasteiger partial charge in [0.1, 0.15) is 23.3 Å². The van der Waals surface area contributed by atoms with Gasteiger partial charge in [-0.15, -0.1) is 0 Å². The maximum atomic E-state index is 13.6. The zero-order chi connectivity index (χ0) is 15.3. The number of ether oxygens (including phenoxy) is 1. The highest BCUT2D eigenvalue weighted by Crippen LogP contribution is 2.42. The molecule has 1 aromatic heterocycles. The summed E-state index contributed by atoms with van der Waals surface area (Å²) >= 11 is 0. The van der Waals surface area contributed by atoms with E-state index in [2.05, 4.69) is 0 Å². The molecule has 1 saturated carbocycles. The van der Waals surface area contributed by atoms with Crippen LogP contribution in [0.4, 0.5) is 8.78 Å². The van der Waals surface area contributed by atoms with Crippen molar-refractivity contribution in [3.8, 4) is 5.75 Å². The number of benzene rings is 1. The highest BCUT2D eigenvalue weighted by atomic mass is 19.1. The van der Waals surface area contributed by atoms with Crippen LogP contribution in [0.5, 0.6) is 5.75 Å². The van der Waals surface area contributed by atoms with E-state index in [1.54, 1.807) is 0 Å². The molecule has 0 saturated heterocycles. The molecule has 0 aliphatic heterocycles. The van der Waals surface area contributed by atoms with Crippen molar-refractivity contribution >= 4 is 16.9 Å². The predicted molar refractivity (Wildman–Crippen MR) is 70.2 cm³/mol. The largest absolute Gasteiger partial charge is 0.494 e. The molecule has 2 aromatic rings. The maximum absolute atomic E-state index is 13.6. The highest BCUT2D eigenvalue weighted by Gasteiger charge is 2.40. The Bertz CT molecular complexity index is 815.